The second-order valence-corrected chi connectivity index (χ2v) is 4.47. The first-order valence-electron chi connectivity index (χ1n) is 5.18. The van der Waals surface area contributed by atoms with Crippen LogP contribution in [0.3, 0.4) is 0 Å². The van der Waals surface area contributed by atoms with Crippen molar-refractivity contribution in [1.29, 1.82) is 0 Å². The monoisotopic (exact) mass is 192 g/mol. The molecule has 0 amide bonds. The summed E-state index contributed by atoms with van der Waals surface area (Å²) in [5, 5.41) is 9.91. The van der Waals surface area contributed by atoms with E-state index in [0.29, 0.717) is 0 Å². The lowest BCUT2D eigenvalue weighted by Crippen LogP contribution is -2.34. The van der Waals surface area contributed by atoms with Crippen molar-refractivity contribution in [2.45, 2.75) is 40.2 Å². The molecule has 0 saturated heterocycles. The molecule has 78 valence electrons. The first kappa shape index (κ1) is 11.3. The Morgan fingerprint density at radius 3 is 2.71 bits per heavy atom. The second-order valence-electron chi connectivity index (χ2n) is 4.47. The zero-order chi connectivity index (χ0) is 10.8. The Balaban J connectivity index is 3.10. The van der Waals surface area contributed by atoms with E-state index in [4.69, 9.17) is 0 Å². The quantitative estimate of drug-likeness (QED) is 0.676. The van der Waals surface area contributed by atoms with Gasteiger partial charge in [0.15, 0.2) is 0 Å². The van der Waals surface area contributed by atoms with Crippen LogP contribution in [-0.2, 0) is 0 Å². The molecule has 1 aliphatic carbocycles. The Morgan fingerprint density at radius 2 is 2.14 bits per heavy atom. The molecule has 0 spiro atoms. The molecule has 0 radical (unpaired) electrons. The molecule has 1 unspecified atom stereocenters. The molecule has 0 aromatic heterocycles. The van der Waals surface area contributed by atoms with E-state index in [9.17, 15) is 5.11 Å². The summed E-state index contributed by atoms with van der Waals surface area (Å²) in [4.78, 5) is 0. The highest BCUT2D eigenvalue weighted by Gasteiger charge is 2.34. The summed E-state index contributed by atoms with van der Waals surface area (Å²) in [6.07, 6.45) is 8.78. The van der Waals surface area contributed by atoms with Gasteiger partial charge in [0.1, 0.15) is 0 Å². The molecule has 0 fully saturated rings. The average molecular weight is 192 g/mol. The maximum Gasteiger partial charge on any atom is 0.0666 e. The lowest BCUT2D eigenvalue weighted by Gasteiger charge is -2.37. The maximum absolute atomic E-state index is 9.91. The predicted molar refractivity (Wildman–Crippen MR) is 61.1 cm³/mol. The molecular formula is C13H20O. The molecule has 1 nitrogen and oxygen atoms in total. The zero-order valence-corrected chi connectivity index (χ0v) is 9.54. The number of aliphatic hydroxyl groups is 1. The molecule has 14 heavy (non-hydrogen) atoms. The Hall–Kier alpha value is -0.820. The molecular weight excluding hydrogens is 172 g/mol. The number of allylic oxidation sites excluding steroid dienone is 4. The first-order valence-corrected chi connectivity index (χ1v) is 5.18. The van der Waals surface area contributed by atoms with Crippen LogP contribution in [-0.4, -0.2) is 11.2 Å². The maximum atomic E-state index is 9.91. The van der Waals surface area contributed by atoms with Crippen LogP contribution in [0.4, 0.5) is 0 Å². The minimum atomic E-state index is -0.261. The molecule has 1 N–H and O–H groups in total. The molecule has 1 atom stereocenters. The summed E-state index contributed by atoms with van der Waals surface area (Å²) in [5.74, 6) is 0. The first-order chi connectivity index (χ1) is 6.50. The fourth-order valence-corrected chi connectivity index (χ4v) is 1.92. The fourth-order valence-electron chi connectivity index (χ4n) is 1.92. The Labute approximate surface area is 86.8 Å². The Kier molecular flexibility index (Phi) is 3.33. The molecule has 0 aromatic carbocycles. The van der Waals surface area contributed by atoms with E-state index >= 15 is 0 Å². The molecule has 0 aliphatic heterocycles. The predicted octanol–water partition coefficient (Wildman–Crippen LogP) is 3.23. The fraction of sp³-hybridized carbons (Fsp3) is 0.538. The molecule has 0 bridgehead atoms. The molecule has 1 rings (SSSR count). The van der Waals surface area contributed by atoms with Crippen molar-refractivity contribution in [3.05, 3.63) is 35.5 Å². The highest BCUT2D eigenvalue weighted by atomic mass is 16.3. The van der Waals surface area contributed by atoms with Crippen LogP contribution >= 0.6 is 0 Å². The summed E-state index contributed by atoms with van der Waals surface area (Å²) in [6, 6.07) is 0. The summed E-state index contributed by atoms with van der Waals surface area (Å²) < 4.78 is 0. The van der Waals surface area contributed by atoms with Crippen molar-refractivity contribution in [2.75, 3.05) is 0 Å². The summed E-state index contributed by atoms with van der Waals surface area (Å²) in [7, 11) is 0. The van der Waals surface area contributed by atoms with Gasteiger partial charge in [0.25, 0.3) is 0 Å². The van der Waals surface area contributed by atoms with Crippen LogP contribution < -0.4 is 0 Å². The van der Waals surface area contributed by atoms with Gasteiger partial charge >= 0.3 is 0 Å². The third-order valence-electron chi connectivity index (χ3n) is 3.05. The van der Waals surface area contributed by atoms with E-state index in [1.807, 2.05) is 19.1 Å². The molecule has 1 heteroatoms. The molecule has 0 saturated carbocycles. The van der Waals surface area contributed by atoms with Crippen LogP contribution in [0.25, 0.3) is 0 Å². The Bertz CT molecular complexity index is 292. The van der Waals surface area contributed by atoms with Crippen LogP contribution in [0, 0.1) is 5.41 Å². The average Bonchev–Trinajstić information content (AvgIpc) is 2.12. The van der Waals surface area contributed by atoms with Crippen LogP contribution in [0.5, 0.6) is 0 Å². The molecule has 0 aromatic rings. The summed E-state index contributed by atoms with van der Waals surface area (Å²) in [6.45, 7) is 8.32. The highest BCUT2D eigenvalue weighted by Crippen LogP contribution is 2.40. The lowest BCUT2D eigenvalue weighted by atomic mass is 9.71. The summed E-state index contributed by atoms with van der Waals surface area (Å²) in [5.41, 5.74) is 2.41. The largest absolute Gasteiger partial charge is 0.392 e. The number of hydrogen-bond donors (Lipinski definition) is 1. The number of rotatable bonds is 1. The lowest BCUT2D eigenvalue weighted by molar-refractivity contribution is 0.0738. The normalized spacial score (nSPS) is 29.6. The van der Waals surface area contributed by atoms with Gasteiger partial charge in [-0.1, -0.05) is 43.7 Å². The van der Waals surface area contributed by atoms with Gasteiger partial charge in [-0.3, -0.25) is 0 Å². The van der Waals surface area contributed by atoms with Gasteiger partial charge in [0.05, 0.1) is 6.10 Å². The van der Waals surface area contributed by atoms with Gasteiger partial charge in [0.2, 0.25) is 0 Å². The van der Waals surface area contributed by atoms with E-state index in [2.05, 4.69) is 32.9 Å². The van der Waals surface area contributed by atoms with Crippen molar-refractivity contribution in [3.8, 4) is 0 Å². The van der Waals surface area contributed by atoms with Gasteiger partial charge < -0.3 is 5.11 Å². The van der Waals surface area contributed by atoms with Crippen LogP contribution in [0.15, 0.2) is 35.5 Å². The van der Waals surface area contributed by atoms with E-state index < -0.39 is 0 Å². The minimum absolute atomic E-state index is 0.127. The van der Waals surface area contributed by atoms with Crippen molar-refractivity contribution >= 4 is 0 Å². The summed E-state index contributed by atoms with van der Waals surface area (Å²) >= 11 is 0. The zero-order valence-electron chi connectivity index (χ0n) is 9.54. The van der Waals surface area contributed by atoms with Crippen molar-refractivity contribution in [2.24, 2.45) is 5.41 Å². The molecule has 0 heterocycles. The van der Waals surface area contributed by atoms with Gasteiger partial charge in [-0.25, -0.2) is 0 Å². The van der Waals surface area contributed by atoms with Gasteiger partial charge in [-0.15, -0.1) is 0 Å². The van der Waals surface area contributed by atoms with E-state index in [0.717, 1.165) is 6.42 Å². The van der Waals surface area contributed by atoms with Gasteiger partial charge in [-0.05, 0) is 25.8 Å². The minimum Gasteiger partial charge on any atom is -0.392 e. The smallest absolute Gasteiger partial charge is 0.0666 e. The topological polar surface area (TPSA) is 20.2 Å². The van der Waals surface area contributed by atoms with Gasteiger partial charge in [-0.2, -0.15) is 0 Å². The van der Waals surface area contributed by atoms with Crippen molar-refractivity contribution in [1.82, 2.24) is 0 Å². The van der Waals surface area contributed by atoms with Crippen LogP contribution in [0.1, 0.15) is 34.1 Å². The standard InChI is InChI=1S/C13H20O/c1-5-6-7-11-10(2)8-9-12(14)13(11,3)4/h5-8,12,14H,9H2,1-4H3. The highest BCUT2D eigenvalue weighted by molar-refractivity contribution is 5.40. The van der Waals surface area contributed by atoms with E-state index in [1.54, 1.807) is 0 Å². The molecule has 1 aliphatic rings. The van der Waals surface area contributed by atoms with E-state index in [1.165, 1.54) is 11.1 Å². The number of aliphatic hydroxyl groups excluding tert-OH is 1. The van der Waals surface area contributed by atoms with Crippen molar-refractivity contribution < 1.29 is 5.11 Å². The van der Waals surface area contributed by atoms with Gasteiger partial charge in [0, 0.05) is 5.41 Å². The third kappa shape index (κ3) is 1.98. The SMILES string of the molecule is CC=CC=C1C(C)=CCC(O)C1(C)C. The van der Waals surface area contributed by atoms with E-state index in [-0.39, 0.29) is 11.5 Å². The Morgan fingerprint density at radius 1 is 1.50 bits per heavy atom. The third-order valence-corrected chi connectivity index (χ3v) is 3.05. The van der Waals surface area contributed by atoms with Crippen LogP contribution in [0.2, 0.25) is 0 Å². The number of hydrogen-bond acceptors (Lipinski definition) is 1. The second kappa shape index (κ2) is 4.14. The van der Waals surface area contributed by atoms with Crippen molar-refractivity contribution in [3.63, 3.8) is 0 Å².